The average molecular weight is 737 g/mol. The van der Waals surface area contributed by atoms with Crippen molar-refractivity contribution < 1.29 is 0 Å². The first-order chi connectivity index (χ1) is 25.7. The first-order valence-electron chi connectivity index (χ1n) is 19.4. The maximum Gasteiger partial charge on any atom is 0.0775 e. The maximum absolute atomic E-state index is 2.47. The molecule has 0 aliphatic carbocycles. The molecule has 0 bridgehead atoms. The van der Waals surface area contributed by atoms with E-state index in [0.29, 0.717) is 0 Å². The summed E-state index contributed by atoms with van der Waals surface area (Å²) >= 11 is 0. The van der Waals surface area contributed by atoms with E-state index < -0.39 is 16.1 Å². The van der Waals surface area contributed by atoms with Crippen LogP contribution in [0.2, 0.25) is 39.3 Å². The molecule has 4 heteroatoms. The lowest BCUT2D eigenvalue weighted by Crippen LogP contribution is -2.37. The molecule has 8 aromatic rings. The molecule has 0 atom stereocenters. The highest BCUT2D eigenvalue weighted by molar-refractivity contribution is 6.89. The van der Waals surface area contributed by atoms with Crippen LogP contribution in [0.25, 0.3) is 32.3 Å². The number of benzene rings is 8. The van der Waals surface area contributed by atoms with Crippen molar-refractivity contribution in [3.8, 4) is 0 Å². The molecule has 0 N–H and O–H groups in total. The highest BCUT2D eigenvalue weighted by Gasteiger charge is 2.26. The van der Waals surface area contributed by atoms with E-state index in [9.17, 15) is 0 Å². The zero-order valence-corrected chi connectivity index (χ0v) is 35.3. The second-order valence-electron chi connectivity index (χ2n) is 18.0. The molecule has 270 valence electrons. The van der Waals surface area contributed by atoms with Crippen LogP contribution in [0, 0.1) is 0 Å². The molecular weight excluding hydrogens is 685 g/mol. The third kappa shape index (κ3) is 6.52. The fraction of sp³-hybridized carbons (Fsp3) is 0.200. The second-order valence-corrected chi connectivity index (χ2v) is 28.2. The Hall–Kier alpha value is -5.17. The Kier molecular flexibility index (Phi) is 8.82. The minimum atomic E-state index is -1.49. The summed E-state index contributed by atoms with van der Waals surface area (Å²) in [7, 11) is -2.99. The molecule has 0 saturated carbocycles. The minimum absolute atomic E-state index is 0.0408. The Bertz CT molecular complexity index is 2410. The zero-order valence-electron chi connectivity index (χ0n) is 33.3. The van der Waals surface area contributed by atoms with Gasteiger partial charge >= 0.3 is 0 Å². The molecule has 0 aliphatic heterocycles. The Morgan fingerprint density at radius 3 is 1.11 bits per heavy atom. The van der Waals surface area contributed by atoms with Crippen molar-refractivity contribution in [3.63, 3.8) is 0 Å². The lowest BCUT2D eigenvalue weighted by Gasteiger charge is -2.33. The van der Waals surface area contributed by atoms with Gasteiger partial charge in [0.05, 0.1) is 27.5 Å². The van der Waals surface area contributed by atoms with Crippen molar-refractivity contribution in [3.05, 3.63) is 157 Å². The van der Waals surface area contributed by atoms with Gasteiger partial charge in [-0.15, -0.1) is 0 Å². The van der Waals surface area contributed by atoms with Gasteiger partial charge in [-0.3, -0.25) is 0 Å². The summed E-state index contributed by atoms with van der Waals surface area (Å²) in [6.45, 7) is 21.5. The molecule has 54 heavy (non-hydrogen) atoms. The molecule has 0 spiro atoms. The van der Waals surface area contributed by atoms with Crippen LogP contribution >= 0.6 is 0 Å². The van der Waals surface area contributed by atoms with E-state index in [4.69, 9.17) is 0 Å². The van der Waals surface area contributed by atoms with E-state index in [1.54, 1.807) is 0 Å². The van der Waals surface area contributed by atoms with Crippen molar-refractivity contribution in [1.29, 1.82) is 0 Å². The first kappa shape index (κ1) is 35.8. The average Bonchev–Trinajstić information content (AvgIpc) is 3.15. The molecule has 0 amide bonds. The lowest BCUT2D eigenvalue weighted by atomic mass is 9.83. The predicted molar refractivity (Wildman–Crippen MR) is 244 cm³/mol. The van der Waals surface area contributed by atoms with E-state index in [1.165, 1.54) is 59.6 Å². The molecule has 0 heterocycles. The quantitative estimate of drug-likeness (QED) is 0.113. The van der Waals surface area contributed by atoms with Crippen LogP contribution in [0.3, 0.4) is 0 Å². The van der Waals surface area contributed by atoms with Crippen LogP contribution in [0.4, 0.5) is 34.1 Å². The summed E-state index contributed by atoms with van der Waals surface area (Å²) in [5.74, 6) is 0. The van der Waals surface area contributed by atoms with Crippen molar-refractivity contribution in [2.24, 2.45) is 0 Å². The van der Waals surface area contributed by atoms with Gasteiger partial charge in [0.15, 0.2) is 0 Å². The van der Waals surface area contributed by atoms with Gasteiger partial charge in [0, 0.05) is 38.9 Å². The number of anilines is 6. The number of hydrogen-bond acceptors (Lipinski definition) is 2. The van der Waals surface area contributed by atoms with Gasteiger partial charge in [-0.25, -0.2) is 0 Å². The smallest absolute Gasteiger partial charge is 0.0775 e. The van der Waals surface area contributed by atoms with E-state index >= 15 is 0 Å². The van der Waals surface area contributed by atoms with Crippen molar-refractivity contribution in [1.82, 2.24) is 0 Å². The monoisotopic (exact) mass is 736 g/mol. The highest BCUT2D eigenvalue weighted by atomic mass is 28.3. The van der Waals surface area contributed by atoms with Crippen LogP contribution in [-0.4, -0.2) is 16.1 Å². The minimum Gasteiger partial charge on any atom is -0.310 e. The zero-order chi connectivity index (χ0) is 38.0. The van der Waals surface area contributed by atoms with Crippen LogP contribution in [0.1, 0.15) is 26.3 Å². The first-order valence-corrected chi connectivity index (χ1v) is 26.4. The second kappa shape index (κ2) is 13.3. The van der Waals surface area contributed by atoms with Crippen molar-refractivity contribution >= 4 is 93.0 Å². The van der Waals surface area contributed by atoms with E-state index in [-0.39, 0.29) is 5.41 Å². The molecule has 0 unspecified atom stereocenters. The largest absolute Gasteiger partial charge is 0.310 e. The van der Waals surface area contributed by atoms with Crippen LogP contribution < -0.4 is 20.2 Å². The highest BCUT2D eigenvalue weighted by Crippen LogP contribution is 2.50. The van der Waals surface area contributed by atoms with Gasteiger partial charge in [0.25, 0.3) is 0 Å². The Morgan fingerprint density at radius 1 is 0.389 bits per heavy atom. The van der Waals surface area contributed by atoms with Crippen molar-refractivity contribution in [2.75, 3.05) is 9.80 Å². The normalized spacial score (nSPS) is 12.5. The van der Waals surface area contributed by atoms with E-state index in [1.807, 2.05) is 0 Å². The topological polar surface area (TPSA) is 6.48 Å². The molecule has 0 saturated heterocycles. The predicted octanol–water partition coefficient (Wildman–Crippen LogP) is 13.9. The number of rotatable bonds is 8. The number of para-hydroxylation sites is 2. The summed E-state index contributed by atoms with van der Waals surface area (Å²) in [6, 6.07) is 57.3. The van der Waals surface area contributed by atoms with E-state index in [0.717, 1.165) is 22.7 Å². The van der Waals surface area contributed by atoms with Gasteiger partial charge in [-0.2, -0.15) is 0 Å². The fourth-order valence-corrected chi connectivity index (χ4v) is 10.2. The lowest BCUT2D eigenvalue weighted by molar-refractivity contribution is 0.591. The Morgan fingerprint density at radius 2 is 0.759 bits per heavy atom. The van der Waals surface area contributed by atoms with Gasteiger partial charge in [0.2, 0.25) is 0 Å². The van der Waals surface area contributed by atoms with Gasteiger partial charge < -0.3 is 9.80 Å². The third-order valence-corrected chi connectivity index (χ3v) is 15.2. The van der Waals surface area contributed by atoms with Crippen LogP contribution in [0.15, 0.2) is 152 Å². The Balaban J connectivity index is 1.49. The summed E-state index contributed by atoms with van der Waals surface area (Å²) in [4.78, 5) is 4.95. The molecule has 0 aliphatic rings. The molecule has 8 aromatic carbocycles. The number of nitrogens with zero attached hydrogens (tertiary/aromatic N) is 2. The molecular formula is C50H52N2Si2. The Labute approximate surface area is 324 Å². The summed E-state index contributed by atoms with van der Waals surface area (Å²) < 4.78 is 0. The van der Waals surface area contributed by atoms with Gasteiger partial charge in [-0.05, 0) is 81.7 Å². The van der Waals surface area contributed by atoms with E-state index in [2.05, 4.69) is 222 Å². The van der Waals surface area contributed by atoms with Crippen molar-refractivity contribution in [2.45, 2.75) is 65.5 Å². The molecule has 0 aromatic heterocycles. The summed E-state index contributed by atoms with van der Waals surface area (Å²) in [5.41, 5.74) is 8.32. The van der Waals surface area contributed by atoms with Gasteiger partial charge in [0.1, 0.15) is 0 Å². The standard InChI is InChI=1S/C50H52N2Si2/c1-50(2,3)37-32-35-20-30-44-46(51(38-16-12-10-13-17-38)40-22-26-42(27-23-40)53(4,5)6)34-47(45-31-21-36(33-37)48(35)49(44)45)52(39-18-14-11-15-19-39)41-24-28-43(29-25-41)54(7,8)9/h10-34H,1-9H3. The van der Waals surface area contributed by atoms with Gasteiger partial charge in [-0.1, -0.05) is 167 Å². The molecule has 0 radical (unpaired) electrons. The number of hydrogen-bond donors (Lipinski definition) is 0. The van der Waals surface area contributed by atoms with Crippen LogP contribution in [-0.2, 0) is 5.41 Å². The van der Waals surface area contributed by atoms with Crippen LogP contribution in [0.5, 0.6) is 0 Å². The summed E-state index contributed by atoms with van der Waals surface area (Å²) in [5, 5.41) is 10.6. The fourth-order valence-electron chi connectivity index (χ4n) is 7.91. The molecule has 0 fully saturated rings. The maximum atomic E-state index is 2.47. The molecule has 8 rings (SSSR count). The summed E-state index contributed by atoms with van der Waals surface area (Å²) in [6.07, 6.45) is 0. The third-order valence-electron chi connectivity index (χ3n) is 11.0. The SMILES string of the molecule is CC(C)(C)c1cc2ccc3c(N(c4ccccc4)c4ccc([Si](C)(C)C)cc4)cc(N(c4ccccc4)c4ccc([Si](C)(C)C)cc4)c4ccc(c1)c2c34. The molecule has 2 nitrogen and oxygen atoms in total.